The number of para-hydroxylation sites is 1. The second kappa shape index (κ2) is 15.1. The summed E-state index contributed by atoms with van der Waals surface area (Å²) >= 11 is 0. The lowest BCUT2D eigenvalue weighted by atomic mass is 9.45. The van der Waals surface area contributed by atoms with E-state index in [-0.39, 0.29) is 25.1 Å². The van der Waals surface area contributed by atoms with Crippen LogP contribution in [0.4, 0.5) is 5.69 Å². The van der Waals surface area contributed by atoms with E-state index in [9.17, 15) is 15.0 Å². The number of nitrogens with one attached hydrogen (secondary N) is 1. The summed E-state index contributed by atoms with van der Waals surface area (Å²) in [7, 11) is 10.0. The second-order valence-corrected chi connectivity index (χ2v) is 15.8. The minimum absolute atomic E-state index is 0.0814. The van der Waals surface area contributed by atoms with Gasteiger partial charge >= 0.3 is 0 Å². The molecule has 0 spiro atoms. The van der Waals surface area contributed by atoms with Gasteiger partial charge in [-0.05, 0) is 106 Å². The number of benzene rings is 2. The largest absolute Gasteiger partial charge is 0.496 e. The molecule has 2 bridgehead atoms. The molecule has 3 N–H and O–H groups in total. The van der Waals surface area contributed by atoms with Gasteiger partial charge in [-0.3, -0.25) is 9.63 Å². The van der Waals surface area contributed by atoms with Crippen molar-refractivity contribution in [3.05, 3.63) is 47.5 Å². The number of fused-ring (bicyclic) bond motifs is 2. The summed E-state index contributed by atoms with van der Waals surface area (Å²) in [5, 5.41) is 26.2. The minimum atomic E-state index is -0.850. The van der Waals surface area contributed by atoms with Crippen LogP contribution in [-0.4, -0.2) is 98.8 Å². The fourth-order valence-corrected chi connectivity index (χ4v) is 8.82. The summed E-state index contributed by atoms with van der Waals surface area (Å²) in [6.45, 7) is 9.69. The summed E-state index contributed by atoms with van der Waals surface area (Å²) in [6, 6.07) is 12.1. The maximum Gasteiger partial charge on any atom is 0.240 e. The number of carbonyl (C=O) groups is 1. The summed E-state index contributed by atoms with van der Waals surface area (Å²) in [6.07, 6.45) is 3.88. The number of nitrogens with zero attached hydrogens (tertiary/aromatic N) is 3. The number of rotatable bonds is 14. The first kappa shape index (κ1) is 36.6. The third-order valence-corrected chi connectivity index (χ3v) is 11.8. The average molecular weight is 665 g/mol. The molecule has 1 aliphatic heterocycles. The average Bonchev–Trinajstić information content (AvgIpc) is 3.42. The van der Waals surface area contributed by atoms with Crippen LogP contribution in [0.3, 0.4) is 0 Å². The van der Waals surface area contributed by atoms with E-state index in [4.69, 9.17) is 9.57 Å². The lowest BCUT2D eigenvalue weighted by Gasteiger charge is -2.62. The normalized spacial score (nSPS) is 28.6. The maximum atomic E-state index is 14.2. The molecule has 2 aromatic carbocycles. The first-order chi connectivity index (χ1) is 22.8. The molecule has 1 amide bonds. The zero-order chi connectivity index (χ0) is 34.9. The van der Waals surface area contributed by atoms with Gasteiger partial charge in [0.05, 0.1) is 26.4 Å². The predicted octanol–water partition coefficient (Wildman–Crippen LogP) is 4.97. The van der Waals surface area contributed by atoms with Crippen LogP contribution in [0.5, 0.6) is 5.75 Å². The Bertz CT molecular complexity index is 1410. The van der Waals surface area contributed by atoms with E-state index in [2.05, 4.69) is 88.3 Å². The number of methoxy groups -OCH3 is 1. The van der Waals surface area contributed by atoms with Crippen molar-refractivity contribution in [2.45, 2.75) is 90.6 Å². The molecule has 9 heteroatoms. The molecule has 2 aromatic rings. The van der Waals surface area contributed by atoms with Crippen molar-refractivity contribution in [3.8, 4) is 16.9 Å². The van der Waals surface area contributed by atoms with Crippen molar-refractivity contribution in [2.75, 3.05) is 53.4 Å². The van der Waals surface area contributed by atoms with Gasteiger partial charge in [-0.15, -0.1) is 0 Å². The highest BCUT2D eigenvalue weighted by molar-refractivity contribution is 5.83. The summed E-state index contributed by atoms with van der Waals surface area (Å²) in [4.78, 5) is 24.8. The molecule has 48 heavy (non-hydrogen) atoms. The topological polar surface area (TPSA) is 97.7 Å². The number of aryl methyl sites for hydroxylation is 1. The molecule has 0 aromatic heterocycles. The predicted molar refractivity (Wildman–Crippen MR) is 192 cm³/mol. The van der Waals surface area contributed by atoms with Crippen molar-refractivity contribution in [2.24, 2.45) is 29.1 Å². The summed E-state index contributed by atoms with van der Waals surface area (Å²) in [5.41, 5.74) is 5.64. The van der Waals surface area contributed by atoms with Crippen molar-refractivity contribution >= 4 is 11.6 Å². The Morgan fingerprint density at radius 3 is 2.50 bits per heavy atom. The van der Waals surface area contributed by atoms with Crippen LogP contribution in [0.2, 0.25) is 0 Å². The van der Waals surface area contributed by atoms with Gasteiger partial charge in [-0.1, -0.05) is 45.0 Å². The number of hydrogen-bond donors (Lipinski definition) is 3. The summed E-state index contributed by atoms with van der Waals surface area (Å²) < 4.78 is 6.10. The highest BCUT2D eigenvalue weighted by Gasteiger charge is 2.57. The van der Waals surface area contributed by atoms with Crippen molar-refractivity contribution < 1.29 is 24.6 Å². The van der Waals surface area contributed by atoms with E-state index >= 15 is 0 Å². The van der Waals surface area contributed by atoms with Gasteiger partial charge in [0.25, 0.3) is 0 Å². The zero-order valence-corrected chi connectivity index (χ0v) is 30.7. The smallest absolute Gasteiger partial charge is 0.240 e. The molecule has 3 aliphatic carbocycles. The van der Waals surface area contributed by atoms with E-state index in [0.29, 0.717) is 23.2 Å². The van der Waals surface area contributed by atoms with Crippen LogP contribution >= 0.6 is 0 Å². The van der Waals surface area contributed by atoms with Crippen LogP contribution in [0.15, 0.2) is 36.4 Å². The fraction of sp³-hybridized carbons (Fsp3) is 0.667. The number of hydrogen-bond acceptors (Lipinski definition) is 8. The van der Waals surface area contributed by atoms with E-state index in [1.165, 1.54) is 12.0 Å². The fourth-order valence-electron chi connectivity index (χ4n) is 8.82. The van der Waals surface area contributed by atoms with Gasteiger partial charge in [0.15, 0.2) is 0 Å². The standard InChI is InChI=1S/C39H60N4O5/c1-24-32-20-29(39(32,3)4)21-33(24)40-38(46)36-35(25(2)45)34(23-44)48-43(36)22-27-14-12-15-31(37(27)47-9)28-17-26(13-10-11-16-41(5)6)18-30(19-28)42(7)8/h12,14-15,17-19,24-25,29,32-36,44-45H,10-11,13,16,20-23H2,1-9H3,(H,40,46)/t24-,25-,29+,32-,33-,34-,35-,36-/m0/s1. The molecule has 266 valence electrons. The Balaban J connectivity index is 1.42. The third-order valence-electron chi connectivity index (χ3n) is 11.8. The first-order valence-corrected chi connectivity index (χ1v) is 17.9. The van der Waals surface area contributed by atoms with Gasteiger partial charge < -0.3 is 30.1 Å². The lowest BCUT2D eigenvalue weighted by Crippen LogP contribution is -2.62. The van der Waals surface area contributed by atoms with Crippen molar-refractivity contribution in [1.29, 1.82) is 0 Å². The SMILES string of the molecule is COc1c(CN2O[C@@H](CO)[C@H]([C@H](C)O)[C@H]2C(=O)N[C@H]2C[C@H]3C[C@@H]([C@@H]2C)C3(C)C)cccc1-c1cc(CCCCN(C)C)cc(N(C)C)c1. The van der Waals surface area contributed by atoms with Crippen LogP contribution in [-0.2, 0) is 22.6 Å². The number of carbonyl (C=O) groups excluding carboxylic acids is 1. The lowest BCUT2D eigenvalue weighted by molar-refractivity contribution is -0.183. The number of aliphatic hydroxyl groups excluding tert-OH is 2. The molecule has 1 heterocycles. The molecular formula is C39H60N4O5. The van der Waals surface area contributed by atoms with Gasteiger partial charge in [0.2, 0.25) is 5.91 Å². The number of ether oxygens (including phenoxy) is 1. The Hall–Kier alpha value is -2.69. The number of aliphatic hydroxyl groups is 2. The monoisotopic (exact) mass is 664 g/mol. The molecule has 1 saturated heterocycles. The Labute approximate surface area is 288 Å². The summed E-state index contributed by atoms with van der Waals surface area (Å²) in [5.74, 6) is 1.55. The van der Waals surface area contributed by atoms with Gasteiger partial charge in [0.1, 0.15) is 17.9 Å². The van der Waals surface area contributed by atoms with Crippen LogP contribution in [0, 0.1) is 29.1 Å². The van der Waals surface area contributed by atoms with Crippen molar-refractivity contribution in [3.63, 3.8) is 0 Å². The Kier molecular flexibility index (Phi) is 11.5. The highest BCUT2D eigenvalue weighted by atomic mass is 16.7. The molecule has 8 atom stereocenters. The van der Waals surface area contributed by atoms with Crippen LogP contribution in [0.25, 0.3) is 11.1 Å². The number of anilines is 1. The second-order valence-electron chi connectivity index (χ2n) is 15.8. The van der Waals surface area contributed by atoms with Crippen molar-refractivity contribution in [1.82, 2.24) is 15.3 Å². The zero-order valence-electron chi connectivity index (χ0n) is 30.7. The van der Waals surface area contributed by atoms with E-state index < -0.39 is 24.2 Å². The van der Waals surface area contributed by atoms with Gasteiger partial charge in [-0.2, -0.15) is 5.06 Å². The Morgan fingerprint density at radius 1 is 1.15 bits per heavy atom. The van der Waals surface area contributed by atoms with Gasteiger partial charge in [-0.25, -0.2) is 0 Å². The number of hydroxylamine groups is 2. The molecule has 6 rings (SSSR count). The van der Waals surface area contributed by atoms with Crippen LogP contribution < -0.4 is 15.0 Å². The van der Waals surface area contributed by atoms with Crippen LogP contribution in [0.1, 0.15) is 64.5 Å². The molecule has 4 aliphatic rings. The molecule has 0 unspecified atom stereocenters. The highest BCUT2D eigenvalue weighted by Crippen LogP contribution is 2.61. The van der Waals surface area contributed by atoms with E-state index in [1.54, 1.807) is 19.1 Å². The van der Waals surface area contributed by atoms with E-state index in [1.807, 2.05) is 12.1 Å². The quantitative estimate of drug-likeness (QED) is 0.244. The number of unbranched alkanes of at least 4 members (excludes halogenated alkanes) is 1. The minimum Gasteiger partial charge on any atom is -0.496 e. The molecular weight excluding hydrogens is 604 g/mol. The maximum absolute atomic E-state index is 14.2. The molecule has 4 fully saturated rings. The third kappa shape index (κ3) is 7.41. The number of amides is 1. The van der Waals surface area contributed by atoms with E-state index in [0.717, 1.165) is 60.4 Å². The molecule has 3 saturated carbocycles. The Morgan fingerprint density at radius 2 is 1.90 bits per heavy atom. The molecule has 0 radical (unpaired) electrons. The van der Waals surface area contributed by atoms with Gasteiger partial charge in [0, 0.05) is 42.9 Å². The first-order valence-electron chi connectivity index (χ1n) is 17.9. The molecule has 9 nitrogen and oxygen atoms in total.